The molecule has 1 heterocycles. The molecule has 1 heteroatoms. The molecular weight excluding hydrogens is 314 g/mol. The number of benzene rings is 1. The monoisotopic (exact) mass is 343 g/mol. The van der Waals surface area contributed by atoms with Gasteiger partial charge < -0.3 is 0 Å². The van der Waals surface area contributed by atoms with Gasteiger partial charge in [0.15, 0.2) is 0 Å². The maximum atomic E-state index is 4.92. The SMILES string of the molecule is CCC=CCC1CC(C)=C(C)C2=C1c1nccc3cccc(c13)C2(C)C. The minimum absolute atomic E-state index is 0.0172. The summed E-state index contributed by atoms with van der Waals surface area (Å²) in [7, 11) is 0. The third kappa shape index (κ3) is 2.40. The molecule has 1 atom stereocenters. The van der Waals surface area contributed by atoms with E-state index in [-0.39, 0.29) is 5.41 Å². The minimum Gasteiger partial charge on any atom is -0.256 e. The van der Waals surface area contributed by atoms with Gasteiger partial charge in [-0.15, -0.1) is 0 Å². The molecule has 0 bridgehead atoms. The van der Waals surface area contributed by atoms with Crippen LogP contribution >= 0.6 is 0 Å². The van der Waals surface area contributed by atoms with Gasteiger partial charge in [-0.3, -0.25) is 4.98 Å². The molecule has 1 unspecified atom stereocenters. The molecule has 0 spiro atoms. The molecule has 0 fully saturated rings. The van der Waals surface area contributed by atoms with E-state index in [1.165, 1.54) is 38.7 Å². The van der Waals surface area contributed by atoms with E-state index in [4.69, 9.17) is 4.98 Å². The van der Waals surface area contributed by atoms with E-state index < -0.39 is 0 Å². The summed E-state index contributed by atoms with van der Waals surface area (Å²) in [6, 6.07) is 8.90. The molecule has 0 saturated carbocycles. The van der Waals surface area contributed by atoms with E-state index >= 15 is 0 Å². The van der Waals surface area contributed by atoms with Crippen molar-refractivity contribution in [3.8, 4) is 0 Å². The Labute approximate surface area is 157 Å². The Morgan fingerprint density at radius 1 is 1.15 bits per heavy atom. The topological polar surface area (TPSA) is 12.9 Å². The second kappa shape index (κ2) is 6.23. The van der Waals surface area contributed by atoms with E-state index in [1.54, 1.807) is 5.57 Å². The fourth-order valence-electron chi connectivity index (χ4n) is 5.08. The molecule has 1 nitrogen and oxygen atoms in total. The summed E-state index contributed by atoms with van der Waals surface area (Å²) < 4.78 is 0. The van der Waals surface area contributed by atoms with E-state index in [1.807, 2.05) is 6.20 Å². The predicted molar refractivity (Wildman–Crippen MR) is 112 cm³/mol. The van der Waals surface area contributed by atoms with Gasteiger partial charge >= 0.3 is 0 Å². The van der Waals surface area contributed by atoms with Gasteiger partial charge in [0.25, 0.3) is 0 Å². The number of rotatable bonds is 3. The van der Waals surface area contributed by atoms with E-state index in [0.29, 0.717) is 5.92 Å². The molecule has 2 aliphatic rings. The van der Waals surface area contributed by atoms with Crippen LogP contribution in [0.15, 0.2) is 59.3 Å². The van der Waals surface area contributed by atoms with Crippen LogP contribution in [-0.2, 0) is 5.41 Å². The van der Waals surface area contributed by atoms with Crippen LogP contribution in [0.5, 0.6) is 0 Å². The first kappa shape index (κ1) is 17.3. The summed E-state index contributed by atoms with van der Waals surface area (Å²) in [6.45, 7) is 11.6. The average Bonchev–Trinajstić information content (AvgIpc) is 2.62. The average molecular weight is 344 g/mol. The standard InChI is InChI=1S/C25H29N/c1-6-7-8-10-19-15-16(2)17(3)23-22(19)24-21-18(13-14-26-24)11-9-12-20(21)25(23,4)5/h7-9,11-14,19H,6,10,15H2,1-5H3. The maximum Gasteiger partial charge on any atom is 0.0749 e. The molecule has 0 saturated heterocycles. The fraction of sp³-hybridized carbons (Fsp3) is 0.400. The highest BCUT2D eigenvalue weighted by molar-refractivity contribution is 6.00. The van der Waals surface area contributed by atoms with Gasteiger partial charge in [-0.25, -0.2) is 0 Å². The van der Waals surface area contributed by atoms with Crippen molar-refractivity contribution in [2.75, 3.05) is 0 Å². The van der Waals surface area contributed by atoms with Gasteiger partial charge in [-0.05, 0) is 72.8 Å². The number of allylic oxidation sites excluding steroid dienone is 6. The molecule has 134 valence electrons. The second-order valence-electron chi connectivity index (χ2n) is 8.40. The largest absolute Gasteiger partial charge is 0.256 e. The highest BCUT2D eigenvalue weighted by atomic mass is 14.7. The molecule has 2 aromatic rings. The van der Waals surface area contributed by atoms with Gasteiger partial charge in [0, 0.05) is 17.0 Å². The van der Waals surface area contributed by atoms with Gasteiger partial charge in [-0.2, -0.15) is 0 Å². The van der Waals surface area contributed by atoms with Crippen LogP contribution in [0.3, 0.4) is 0 Å². The Morgan fingerprint density at radius 2 is 1.96 bits per heavy atom. The molecule has 4 rings (SSSR count). The normalized spacial score (nSPS) is 21.7. The van der Waals surface area contributed by atoms with Gasteiger partial charge in [-0.1, -0.05) is 56.7 Å². The lowest BCUT2D eigenvalue weighted by molar-refractivity contribution is 0.581. The van der Waals surface area contributed by atoms with E-state index in [9.17, 15) is 0 Å². The second-order valence-corrected chi connectivity index (χ2v) is 8.40. The number of fused-ring (bicyclic) bond motifs is 1. The van der Waals surface area contributed by atoms with Crippen LogP contribution < -0.4 is 0 Å². The zero-order valence-electron chi connectivity index (χ0n) is 16.7. The predicted octanol–water partition coefficient (Wildman–Crippen LogP) is 6.99. The minimum atomic E-state index is 0.0172. The summed E-state index contributed by atoms with van der Waals surface area (Å²) in [5.41, 5.74) is 8.72. The van der Waals surface area contributed by atoms with Crippen molar-refractivity contribution in [2.24, 2.45) is 5.92 Å². The third-order valence-corrected chi connectivity index (χ3v) is 6.41. The first-order chi connectivity index (χ1) is 12.5. The quantitative estimate of drug-likeness (QED) is 0.547. The number of hydrogen-bond donors (Lipinski definition) is 0. The lowest BCUT2D eigenvalue weighted by Gasteiger charge is -2.42. The van der Waals surface area contributed by atoms with Crippen LogP contribution in [0.2, 0.25) is 0 Å². The number of aromatic nitrogens is 1. The smallest absolute Gasteiger partial charge is 0.0749 e. The highest BCUT2D eigenvalue weighted by Crippen LogP contribution is 2.54. The maximum absolute atomic E-state index is 4.92. The Bertz CT molecular complexity index is 964. The molecule has 0 N–H and O–H groups in total. The summed E-state index contributed by atoms with van der Waals surface area (Å²) in [5, 5.41) is 2.69. The van der Waals surface area contributed by atoms with E-state index in [2.05, 4.69) is 71.0 Å². The number of nitrogens with zero attached hydrogens (tertiary/aromatic N) is 1. The molecule has 0 aliphatic heterocycles. The van der Waals surface area contributed by atoms with Crippen LogP contribution in [0, 0.1) is 5.92 Å². The van der Waals surface area contributed by atoms with Crippen molar-refractivity contribution in [1.82, 2.24) is 4.98 Å². The van der Waals surface area contributed by atoms with Crippen molar-refractivity contribution >= 4 is 16.3 Å². The van der Waals surface area contributed by atoms with Crippen molar-refractivity contribution in [1.29, 1.82) is 0 Å². The third-order valence-electron chi connectivity index (χ3n) is 6.41. The zero-order valence-corrected chi connectivity index (χ0v) is 16.7. The zero-order chi connectivity index (χ0) is 18.5. The Balaban J connectivity index is 2.03. The van der Waals surface area contributed by atoms with Crippen LogP contribution in [0.4, 0.5) is 0 Å². The van der Waals surface area contributed by atoms with Crippen LogP contribution in [0.25, 0.3) is 16.3 Å². The molecule has 1 aromatic heterocycles. The molecular formula is C25H29N. The lowest BCUT2D eigenvalue weighted by atomic mass is 9.61. The van der Waals surface area contributed by atoms with Crippen LogP contribution in [-0.4, -0.2) is 4.98 Å². The molecule has 2 aliphatic carbocycles. The Hall–Kier alpha value is -2.15. The van der Waals surface area contributed by atoms with Gasteiger partial charge in [0.05, 0.1) is 5.69 Å². The molecule has 1 aromatic carbocycles. The first-order valence-electron chi connectivity index (χ1n) is 9.91. The van der Waals surface area contributed by atoms with E-state index in [0.717, 1.165) is 19.3 Å². The van der Waals surface area contributed by atoms with Crippen molar-refractivity contribution in [3.05, 3.63) is 70.6 Å². The fourth-order valence-corrected chi connectivity index (χ4v) is 5.08. The molecule has 0 amide bonds. The highest BCUT2D eigenvalue weighted by Gasteiger charge is 2.41. The van der Waals surface area contributed by atoms with Crippen LogP contribution in [0.1, 0.15) is 65.1 Å². The number of pyridine rings is 1. The van der Waals surface area contributed by atoms with Gasteiger partial charge in [0.1, 0.15) is 0 Å². The Morgan fingerprint density at radius 3 is 2.73 bits per heavy atom. The van der Waals surface area contributed by atoms with Crippen molar-refractivity contribution in [2.45, 2.75) is 59.3 Å². The summed E-state index contributed by atoms with van der Waals surface area (Å²) in [4.78, 5) is 4.92. The summed E-state index contributed by atoms with van der Waals surface area (Å²) >= 11 is 0. The number of hydrogen-bond acceptors (Lipinski definition) is 1. The molecule has 0 radical (unpaired) electrons. The van der Waals surface area contributed by atoms with Crippen molar-refractivity contribution < 1.29 is 0 Å². The van der Waals surface area contributed by atoms with Crippen molar-refractivity contribution in [3.63, 3.8) is 0 Å². The molecule has 26 heavy (non-hydrogen) atoms. The first-order valence-corrected chi connectivity index (χ1v) is 9.91. The summed E-state index contributed by atoms with van der Waals surface area (Å²) in [5.74, 6) is 0.530. The Kier molecular flexibility index (Phi) is 4.14. The lowest BCUT2D eigenvalue weighted by Crippen LogP contribution is -2.31. The van der Waals surface area contributed by atoms with Gasteiger partial charge in [0.2, 0.25) is 0 Å². The summed E-state index contributed by atoms with van der Waals surface area (Å²) in [6.07, 6.45) is 10.0.